The van der Waals surface area contributed by atoms with Crippen LogP contribution in [-0.2, 0) is 26.9 Å². The number of carbonyl (C=O) groups is 1. The van der Waals surface area contributed by atoms with Crippen LogP contribution >= 0.6 is 11.3 Å². The Bertz CT molecular complexity index is 1280. The molecule has 2 heterocycles. The number of nitrogens with one attached hydrogen (secondary N) is 1. The van der Waals surface area contributed by atoms with Gasteiger partial charge in [-0.05, 0) is 18.6 Å². The van der Waals surface area contributed by atoms with E-state index in [4.69, 9.17) is 0 Å². The molecule has 0 saturated heterocycles. The first-order chi connectivity index (χ1) is 13.9. The van der Waals surface area contributed by atoms with Crippen LogP contribution in [0.25, 0.3) is 10.9 Å². The van der Waals surface area contributed by atoms with Crippen molar-refractivity contribution in [2.75, 3.05) is 5.32 Å². The van der Waals surface area contributed by atoms with Crippen LogP contribution in [0.3, 0.4) is 0 Å². The van der Waals surface area contributed by atoms with E-state index >= 15 is 0 Å². The lowest BCUT2D eigenvalue weighted by molar-refractivity contribution is -0.116. The molecule has 0 aliphatic carbocycles. The van der Waals surface area contributed by atoms with Gasteiger partial charge in [0, 0.05) is 22.5 Å². The highest BCUT2D eigenvalue weighted by molar-refractivity contribution is 7.90. The highest BCUT2D eigenvalue weighted by Gasteiger charge is 2.22. The molecule has 2 aromatic heterocycles. The Hall–Kier alpha value is -2.97. The first kappa shape index (κ1) is 19.4. The average molecular weight is 426 g/mol. The maximum Gasteiger partial charge on any atom is 0.246 e. The monoisotopic (exact) mass is 425 g/mol. The van der Waals surface area contributed by atoms with Crippen LogP contribution in [0.5, 0.6) is 0 Å². The SMILES string of the molecule is Cc1csc(NC(=O)Cn2cc(S(=O)(=O)Cc3ccccc3)c3ccccc32)n1. The van der Waals surface area contributed by atoms with Crippen LogP contribution in [0.15, 0.2) is 71.1 Å². The summed E-state index contributed by atoms with van der Waals surface area (Å²) < 4.78 is 27.8. The highest BCUT2D eigenvalue weighted by atomic mass is 32.2. The molecule has 0 atom stereocenters. The summed E-state index contributed by atoms with van der Waals surface area (Å²) >= 11 is 1.35. The minimum absolute atomic E-state index is 0.00000205. The van der Waals surface area contributed by atoms with Crippen molar-refractivity contribution in [2.24, 2.45) is 0 Å². The molecule has 1 amide bonds. The first-order valence-corrected chi connectivity index (χ1v) is 11.5. The van der Waals surface area contributed by atoms with Crippen LogP contribution < -0.4 is 5.32 Å². The Morgan fingerprint density at radius 1 is 1.10 bits per heavy atom. The van der Waals surface area contributed by atoms with Gasteiger partial charge in [-0.1, -0.05) is 48.5 Å². The molecule has 2 aromatic carbocycles. The normalized spacial score (nSPS) is 11.6. The summed E-state index contributed by atoms with van der Waals surface area (Å²) in [6.07, 6.45) is 1.55. The number of para-hydroxylation sites is 1. The van der Waals surface area contributed by atoms with Crippen molar-refractivity contribution < 1.29 is 13.2 Å². The zero-order valence-corrected chi connectivity index (χ0v) is 17.3. The molecule has 4 rings (SSSR count). The van der Waals surface area contributed by atoms with Crippen LogP contribution in [-0.4, -0.2) is 23.9 Å². The van der Waals surface area contributed by atoms with Crippen LogP contribution in [0.2, 0.25) is 0 Å². The lowest BCUT2D eigenvalue weighted by Gasteiger charge is -2.05. The van der Waals surface area contributed by atoms with Crippen LogP contribution in [0.1, 0.15) is 11.3 Å². The van der Waals surface area contributed by atoms with E-state index in [1.54, 1.807) is 35.0 Å². The number of amides is 1. The number of hydrogen-bond acceptors (Lipinski definition) is 5. The van der Waals surface area contributed by atoms with E-state index in [-0.39, 0.29) is 23.1 Å². The number of aromatic nitrogens is 2. The van der Waals surface area contributed by atoms with Crippen molar-refractivity contribution in [3.05, 3.63) is 77.4 Å². The van der Waals surface area contributed by atoms with Crippen molar-refractivity contribution in [1.82, 2.24) is 9.55 Å². The van der Waals surface area contributed by atoms with E-state index in [0.717, 1.165) is 11.3 Å². The van der Waals surface area contributed by atoms with Crippen molar-refractivity contribution in [3.8, 4) is 0 Å². The van der Waals surface area contributed by atoms with Crippen molar-refractivity contribution in [2.45, 2.75) is 24.1 Å². The van der Waals surface area contributed by atoms with Crippen molar-refractivity contribution >= 4 is 43.1 Å². The second-order valence-corrected chi connectivity index (χ2v) is 9.54. The number of thiazole rings is 1. The second-order valence-electron chi connectivity index (χ2n) is 6.73. The van der Waals surface area contributed by atoms with Gasteiger partial charge in [-0.3, -0.25) is 4.79 Å². The number of carbonyl (C=O) groups excluding carboxylic acids is 1. The fourth-order valence-corrected chi connectivity index (χ4v) is 5.47. The van der Waals surface area contributed by atoms with Crippen LogP contribution in [0, 0.1) is 6.92 Å². The molecule has 0 bridgehead atoms. The predicted molar refractivity (Wildman–Crippen MR) is 115 cm³/mol. The molecule has 0 unspecified atom stereocenters. The largest absolute Gasteiger partial charge is 0.337 e. The third-order valence-corrected chi connectivity index (χ3v) is 7.05. The number of aryl methyl sites for hydroxylation is 1. The Labute approximate surface area is 172 Å². The van der Waals surface area contributed by atoms with Crippen molar-refractivity contribution in [3.63, 3.8) is 0 Å². The predicted octanol–water partition coefficient (Wildman–Crippen LogP) is 4.02. The molecule has 0 fully saturated rings. The molecule has 0 radical (unpaired) electrons. The van der Waals surface area contributed by atoms with Gasteiger partial charge in [0.05, 0.1) is 16.3 Å². The van der Waals surface area contributed by atoms with E-state index in [0.29, 0.717) is 16.0 Å². The number of anilines is 1. The molecular weight excluding hydrogens is 406 g/mol. The maximum absolute atomic E-state index is 13.1. The fraction of sp³-hybridized carbons (Fsp3) is 0.143. The Morgan fingerprint density at radius 2 is 1.83 bits per heavy atom. The lowest BCUT2D eigenvalue weighted by Crippen LogP contribution is -2.18. The van der Waals surface area contributed by atoms with E-state index in [2.05, 4.69) is 10.3 Å². The summed E-state index contributed by atoms with van der Waals surface area (Å²) in [6, 6.07) is 16.3. The minimum atomic E-state index is -3.57. The molecule has 148 valence electrons. The molecular formula is C21H19N3O3S2. The summed E-state index contributed by atoms with van der Waals surface area (Å²) in [5, 5.41) is 5.76. The van der Waals surface area contributed by atoms with Gasteiger partial charge in [-0.25, -0.2) is 13.4 Å². The number of hydrogen-bond donors (Lipinski definition) is 1. The number of benzene rings is 2. The van der Waals surface area contributed by atoms with E-state index in [9.17, 15) is 13.2 Å². The molecule has 0 aliphatic heterocycles. The Kier molecular flexibility index (Phi) is 5.21. The van der Waals surface area contributed by atoms with Gasteiger partial charge < -0.3 is 9.88 Å². The lowest BCUT2D eigenvalue weighted by atomic mass is 10.2. The second kappa shape index (κ2) is 7.81. The van der Waals surface area contributed by atoms with Gasteiger partial charge in [0.2, 0.25) is 5.91 Å². The molecule has 29 heavy (non-hydrogen) atoms. The summed E-state index contributed by atoms with van der Waals surface area (Å²) in [7, 11) is -3.57. The highest BCUT2D eigenvalue weighted by Crippen LogP contribution is 2.28. The van der Waals surface area contributed by atoms with Gasteiger partial charge in [-0.2, -0.15) is 0 Å². The average Bonchev–Trinajstić information content (AvgIpc) is 3.26. The maximum atomic E-state index is 13.1. The number of sulfone groups is 1. The Morgan fingerprint density at radius 3 is 2.55 bits per heavy atom. The third-order valence-electron chi connectivity index (χ3n) is 4.47. The zero-order chi connectivity index (χ0) is 20.4. The van der Waals surface area contributed by atoms with Gasteiger partial charge in [0.25, 0.3) is 0 Å². The van der Waals surface area contributed by atoms with Gasteiger partial charge in [0.15, 0.2) is 15.0 Å². The van der Waals surface area contributed by atoms with E-state index in [1.807, 2.05) is 42.6 Å². The minimum Gasteiger partial charge on any atom is -0.337 e. The number of nitrogens with zero attached hydrogens (tertiary/aromatic N) is 2. The van der Waals surface area contributed by atoms with Gasteiger partial charge in [-0.15, -0.1) is 11.3 Å². The first-order valence-electron chi connectivity index (χ1n) is 8.99. The molecule has 0 saturated carbocycles. The van der Waals surface area contributed by atoms with Gasteiger partial charge >= 0.3 is 0 Å². The number of rotatable bonds is 6. The fourth-order valence-electron chi connectivity index (χ4n) is 3.19. The summed E-state index contributed by atoms with van der Waals surface area (Å²) in [5.74, 6) is -0.348. The standard InChI is InChI=1S/C21H19N3O3S2/c1-15-13-28-21(22-15)23-20(25)12-24-11-19(17-9-5-6-10-18(17)24)29(26,27)14-16-7-3-2-4-8-16/h2-11,13H,12,14H2,1H3,(H,22,23,25). The quantitative estimate of drug-likeness (QED) is 0.506. The van der Waals surface area contributed by atoms with Gasteiger partial charge in [0.1, 0.15) is 6.54 Å². The third kappa shape index (κ3) is 4.23. The van der Waals surface area contributed by atoms with E-state index in [1.165, 1.54) is 11.3 Å². The summed E-state index contributed by atoms with van der Waals surface area (Å²) in [4.78, 5) is 16.9. The Balaban J connectivity index is 1.65. The molecule has 0 aliphatic rings. The smallest absolute Gasteiger partial charge is 0.246 e. The summed E-state index contributed by atoms with van der Waals surface area (Å²) in [6.45, 7) is 1.86. The molecule has 1 N–H and O–H groups in total. The topological polar surface area (TPSA) is 81.1 Å². The molecule has 0 spiro atoms. The number of fused-ring (bicyclic) bond motifs is 1. The van der Waals surface area contributed by atoms with Crippen LogP contribution in [0.4, 0.5) is 5.13 Å². The zero-order valence-electron chi connectivity index (χ0n) is 15.7. The molecule has 4 aromatic rings. The van der Waals surface area contributed by atoms with Crippen molar-refractivity contribution in [1.29, 1.82) is 0 Å². The molecule has 8 heteroatoms. The molecule has 6 nitrogen and oxygen atoms in total. The summed E-state index contributed by atoms with van der Waals surface area (Å²) in [5.41, 5.74) is 2.26. The van der Waals surface area contributed by atoms with E-state index < -0.39 is 9.84 Å².